The van der Waals surface area contributed by atoms with Crippen LogP contribution in [0.5, 0.6) is 0 Å². The molecule has 0 unspecified atom stereocenters. The first kappa shape index (κ1) is 20.2. The van der Waals surface area contributed by atoms with Gasteiger partial charge in [0.05, 0.1) is 19.1 Å². The van der Waals surface area contributed by atoms with E-state index in [1.165, 1.54) is 52.3 Å². The number of anilines is 2. The third-order valence-corrected chi connectivity index (χ3v) is 6.55. The molecule has 1 aromatic carbocycles. The van der Waals surface area contributed by atoms with Gasteiger partial charge in [-0.25, -0.2) is 4.39 Å². The predicted octanol–water partition coefficient (Wildman–Crippen LogP) is 2.52. The van der Waals surface area contributed by atoms with Crippen LogP contribution in [-0.4, -0.2) is 53.8 Å². The lowest BCUT2D eigenvalue weighted by Gasteiger charge is -2.16. The number of halogens is 1. The Kier molecular flexibility index (Phi) is 6.38. The molecule has 0 saturated carbocycles. The predicted molar refractivity (Wildman–Crippen MR) is 106 cm³/mol. The molecule has 2 fully saturated rings. The lowest BCUT2D eigenvalue weighted by atomic mass is 10.1. The summed E-state index contributed by atoms with van der Waals surface area (Å²) < 4.78 is 24.6. The molecule has 2 aliphatic rings. The third-order valence-electron chi connectivity index (χ3n) is 4.54. The van der Waals surface area contributed by atoms with Gasteiger partial charge in [0.2, 0.25) is 16.9 Å². The van der Waals surface area contributed by atoms with E-state index in [9.17, 15) is 14.0 Å². The van der Waals surface area contributed by atoms with Gasteiger partial charge in [-0.1, -0.05) is 23.1 Å². The summed E-state index contributed by atoms with van der Waals surface area (Å²) in [6.45, 7) is 1.51. The monoisotopic (exact) mass is 438 g/mol. The largest absolute Gasteiger partial charge is 0.350 e. The molecule has 2 aliphatic heterocycles. The highest BCUT2D eigenvalue weighted by Crippen LogP contribution is 2.29. The lowest BCUT2D eigenvalue weighted by molar-refractivity contribution is -0.122. The highest BCUT2D eigenvalue weighted by Gasteiger charge is 2.35. The Morgan fingerprint density at radius 3 is 2.79 bits per heavy atom. The van der Waals surface area contributed by atoms with Gasteiger partial charge in [-0.3, -0.25) is 9.59 Å². The molecule has 3 heterocycles. The van der Waals surface area contributed by atoms with Crippen LogP contribution in [0.2, 0.25) is 0 Å². The normalized spacial score (nSPS) is 19.8. The highest BCUT2D eigenvalue weighted by atomic mass is 32.2. The fourth-order valence-electron chi connectivity index (χ4n) is 3.10. The van der Waals surface area contributed by atoms with Crippen molar-refractivity contribution in [1.82, 2.24) is 10.2 Å². The Labute approximate surface area is 174 Å². The molecule has 11 heteroatoms. The van der Waals surface area contributed by atoms with Crippen LogP contribution in [0.3, 0.4) is 0 Å². The summed E-state index contributed by atoms with van der Waals surface area (Å²) >= 11 is 2.82. The van der Waals surface area contributed by atoms with Crippen molar-refractivity contribution in [2.45, 2.75) is 23.5 Å². The molecule has 1 N–H and O–H groups in total. The van der Waals surface area contributed by atoms with E-state index in [0.717, 1.165) is 16.5 Å². The Balaban J connectivity index is 1.27. The zero-order valence-electron chi connectivity index (χ0n) is 15.4. The standard InChI is InChI=1S/C18H19FN4O4S2/c19-12-1-3-13(4-2-12)23-10-11(9-14(23)24)16(25)20-17-21-22-18(29-17)28-8-5-15-26-6-7-27-15/h1-4,11,15H,5-10H2,(H,20,21,25)/t11-/m0/s1. The van der Waals surface area contributed by atoms with Gasteiger partial charge in [0.1, 0.15) is 5.82 Å². The van der Waals surface area contributed by atoms with Gasteiger partial charge in [0.15, 0.2) is 10.6 Å². The summed E-state index contributed by atoms with van der Waals surface area (Å²) in [7, 11) is 0. The second kappa shape index (κ2) is 9.16. The van der Waals surface area contributed by atoms with Crippen LogP contribution in [0.25, 0.3) is 0 Å². The van der Waals surface area contributed by atoms with Crippen molar-refractivity contribution in [3.8, 4) is 0 Å². The second-order valence-corrected chi connectivity index (χ2v) is 8.87. The number of hydrogen-bond acceptors (Lipinski definition) is 8. The van der Waals surface area contributed by atoms with Crippen molar-refractivity contribution in [2.24, 2.45) is 5.92 Å². The number of nitrogens with zero attached hydrogens (tertiary/aromatic N) is 3. The molecule has 0 spiro atoms. The smallest absolute Gasteiger partial charge is 0.231 e. The van der Waals surface area contributed by atoms with E-state index in [0.29, 0.717) is 24.0 Å². The second-order valence-electron chi connectivity index (χ2n) is 6.55. The van der Waals surface area contributed by atoms with Gasteiger partial charge in [-0.05, 0) is 24.3 Å². The average Bonchev–Trinajstić information content (AvgIpc) is 3.45. The molecule has 2 saturated heterocycles. The van der Waals surface area contributed by atoms with E-state index in [1.807, 2.05) is 0 Å². The summed E-state index contributed by atoms with van der Waals surface area (Å²) in [5, 5.41) is 11.2. The minimum absolute atomic E-state index is 0.102. The van der Waals surface area contributed by atoms with Crippen molar-refractivity contribution >= 4 is 45.7 Å². The SMILES string of the molecule is O=C(Nc1nnc(SCCC2OCCO2)s1)[C@H]1CC(=O)N(c2ccc(F)cc2)C1. The molecular weight excluding hydrogens is 419 g/mol. The summed E-state index contributed by atoms with van der Waals surface area (Å²) in [4.78, 5) is 26.3. The molecular formula is C18H19FN4O4S2. The summed E-state index contributed by atoms with van der Waals surface area (Å²) in [6.07, 6.45) is 0.707. The van der Waals surface area contributed by atoms with E-state index in [-0.39, 0.29) is 36.9 Å². The molecule has 2 aromatic rings. The summed E-state index contributed by atoms with van der Waals surface area (Å²) in [6, 6.07) is 5.65. The molecule has 154 valence electrons. The van der Waals surface area contributed by atoms with E-state index >= 15 is 0 Å². The number of rotatable bonds is 7. The van der Waals surface area contributed by atoms with Crippen molar-refractivity contribution < 1.29 is 23.5 Å². The van der Waals surface area contributed by atoms with Gasteiger partial charge in [-0.15, -0.1) is 10.2 Å². The number of thioether (sulfide) groups is 1. The van der Waals surface area contributed by atoms with Gasteiger partial charge < -0.3 is 19.7 Å². The Bertz CT molecular complexity index is 873. The van der Waals surface area contributed by atoms with Crippen LogP contribution in [0, 0.1) is 11.7 Å². The maximum Gasteiger partial charge on any atom is 0.231 e. The fourth-order valence-corrected chi connectivity index (χ4v) is 4.88. The summed E-state index contributed by atoms with van der Waals surface area (Å²) in [5.74, 6) is -0.533. The quantitative estimate of drug-likeness (QED) is 0.524. The van der Waals surface area contributed by atoms with Crippen LogP contribution in [0.1, 0.15) is 12.8 Å². The lowest BCUT2D eigenvalue weighted by Crippen LogP contribution is -2.28. The van der Waals surface area contributed by atoms with Gasteiger partial charge in [-0.2, -0.15) is 0 Å². The zero-order valence-corrected chi connectivity index (χ0v) is 17.0. The molecule has 0 aliphatic carbocycles. The first-order chi connectivity index (χ1) is 14.1. The molecule has 0 bridgehead atoms. The molecule has 1 aromatic heterocycles. The Hall–Kier alpha value is -2.08. The molecule has 1 atom stereocenters. The number of ether oxygens (including phenoxy) is 2. The maximum absolute atomic E-state index is 13.1. The maximum atomic E-state index is 13.1. The van der Waals surface area contributed by atoms with Crippen LogP contribution in [0.15, 0.2) is 28.6 Å². The van der Waals surface area contributed by atoms with Crippen LogP contribution >= 0.6 is 23.1 Å². The summed E-state index contributed by atoms with van der Waals surface area (Å²) in [5.41, 5.74) is 0.580. The number of amides is 2. The molecule has 29 heavy (non-hydrogen) atoms. The fraction of sp³-hybridized carbons (Fsp3) is 0.444. The van der Waals surface area contributed by atoms with E-state index in [2.05, 4.69) is 15.5 Å². The van der Waals surface area contributed by atoms with Crippen molar-refractivity contribution in [3.63, 3.8) is 0 Å². The van der Waals surface area contributed by atoms with Gasteiger partial charge >= 0.3 is 0 Å². The van der Waals surface area contributed by atoms with Crippen molar-refractivity contribution in [1.29, 1.82) is 0 Å². The Morgan fingerprint density at radius 2 is 2.03 bits per heavy atom. The number of carbonyl (C=O) groups is 2. The number of benzene rings is 1. The minimum Gasteiger partial charge on any atom is -0.350 e. The molecule has 4 rings (SSSR count). The van der Waals surface area contributed by atoms with E-state index < -0.39 is 5.92 Å². The van der Waals surface area contributed by atoms with E-state index in [4.69, 9.17) is 9.47 Å². The number of nitrogens with one attached hydrogen (secondary N) is 1. The third kappa shape index (κ3) is 5.10. The minimum atomic E-state index is -0.496. The molecule has 0 radical (unpaired) electrons. The molecule has 2 amide bonds. The topological polar surface area (TPSA) is 93.6 Å². The average molecular weight is 439 g/mol. The van der Waals surface area contributed by atoms with Crippen LogP contribution in [-0.2, 0) is 19.1 Å². The zero-order chi connectivity index (χ0) is 20.2. The Morgan fingerprint density at radius 1 is 1.28 bits per heavy atom. The highest BCUT2D eigenvalue weighted by molar-refractivity contribution is 8.01. The first-order valence-electron chi connectivity index (χ1n) is 9.15. The van der Waals surface area contributed by atoms with E-state index in [1.54, 1.807) is 0 Å². The van der Waals surface area contributed by atoms with Crippen molar-refractivity contribution in [2.75, 3.05) is 35.7 Å². The first-order valence-corrected chi connectivity index (χ1v) is 10.9. The van der Waals surface area contributed by atoms with Crippen molar-refractivity contribution in [3.05, 3.63) is 30.1 Å². The number of hydrogen-bond donors (Lipinski definition) is 1. The van der Waals surface area contributed by atoms with Crippen LogP contribution < -0.4 is 10.2 Å². The molecule has 8 nitrogen and oxygen atoms in total. The van der Waals surface area contributed by atoms with Gasteiger partial charge in [0.25, 0.3) is 0 Å². The van der Waals surface area contributed by atoms with Crippen LogP contribution in [0.4, 0.5) is 15.2 Å². The number of carbonyl (C=O) groups excluding carboxylic acids is 2. The van der Waals surface area contributed by atoms with Gasteiger partial charge in [0, 0.05) is 30.8 Å². The number of aromatic nitrogens is 2.